The molecule has 0 aromatic heterocycles. The summed E-state index contributed by atoms with van der Waals surface area (Å²) in [6, 6.07) is -0.741. The van der Waals surface area contributed by atoms with Gasteiger partial charge < -0.3 is 28.6 Å². The second-order valence-electron chi connectivity index (χ2n) is 15.3. The van der Waals surface area contributed by atoms with Crippen molar-refractivity contribution in [1.82, 2.24) is 0 Å². The van der Waals surface area contributed by atoms with Gasteiger partial charge in [0.05, 0.1) is 40.3 Å². The van der Waals surface area contributed by atoms with Gasteiger partial charge in [0, 0.05) is 19.3 Å². The van der Waals surface area contributed by atoms with Crippen LogP contribution in [0.1, 0.15) is 155 Å². The molecule has 0 radical (unpaired) electrons. The lowest BCUT2D eigenvalue weighted by Crippen LogP contribution is -2.55. The topological polar surface area (TPSA) is 102 Å². The zero-order chi connectivity index (χ0) is 40.7. The third-order valence-corrected chi connectivity index (χ3v) is 9.17. The molecule has 2 unspecified atom stereocenters. The van der Waals surface area contributed by atoms with Crippen LogP contribution < -0.4 is 5.11 Å². The zero-order valence-corrected chi connectivity index (χ0v) is 35.6. The van der Waals surface area contributed by atoms with E-state index in [-0.39, 0.29) is 43.1 Å². The Balaban J connectivity index is 4.49. The maximum Gasteiger partial charge on any atom is 0.306 e. The summed E-state index contributed by atoms with van der Waals surface area (Å²) in [6.07, 6.45) is 46.5. The lowest BCUT2D eigenvalue weighted by molar-refractivity contribution is -0.889. The number of carboxylic acids is 1. The predicted octanol–water partition coefficient (Wildman–Crippen LogP) is 10.2. The fraction of sp³-hybridized carbons (Fsp3) is 0.681. The first kappa shape index (κ1) is 51.8. The molecule has 0 N–H and O–H groups in total. The first-order chi connectivity index (χ1) is 26.6. The SMILES string of the molecule is CCCCC/C=C/C=C/C=C/C=C/CCCCCCCC(=O)OCC(COCCC(C(=O)[O-])[N+](C)(C)C)OC(=O)CC/C=C/C/C=C/CCCCCCCC. The summed E-state index contributed by atoms with van der Waals surface area (Å²) in [5.41, 5.74) is 0. The molecule has 8 heteroatoms. The number of rotatable bonds is 37. The van der Waals surface area contributed by atoms with Crippen molar-refractivity contribution in [1.29, 1.82) is 0 Å². The maximum absolute atomic E-state index is 12.6. The average molecular weight is 770 g/mol. The van der Waals surface area contributed by atoms with Gasteiger partial charge in [0.2, 0.25) is 0 Å². The van der Waals surface area contributed by atoms with E-state index in [0.717, 1.165) is 57.8 Å². The number of carbonyl (C=O) groups excluding carboxylic acids is 3. The first-order valence-corrected chi connectivity index (χ1v) is 21.5. The molecule has 0 saturated heterocycles. The summed E-state index contributed by atoms with van der Waals surface area (Å²) in [7, 11) is 5.37. The van der Waals surface area contributed by atoms with Crippen LogP contribution in [0.15, 0.2) is 72.9 Å². The van der Waals surface area contributed by atoms with Crippen molar-refractivity contribution in [3.8, 4) is 0 Å². The Hall–Kier alpha value is -3.23. The normalized spacial score (nSPS) is 13.7. The predicted molar refractivity (Wildman–Crippen MR) is 226 cm³/mol. The summed E-state index contributed by atoms with van der Waals surface area (Å²) in [5.74, 6) is -1.86. The van der Waals surface area contributed by atoms with Gasteiger partial charge in [-0.05, 0) is 57.8 Å². The van der Waals surface area contributed by atoms with Crippen molar-refractivity contribution >= 4 is 17.9 Å². The van der Waals surface area contributed by atoms with Gasteiger partial charge in [-0.25, -0.2) is 0 Å². The van der Waals surface area contributed by atoms with Crippen LogP contribution >= 0.6 is 0 Å². The van der Waals surface area contributed by atoms with Gasteiger partial charge >= 0.3 is 11.9 Å². The Kier molecular flexibility index (Phi) is 35.5. The molecule has 0 aromatic carbocycles. The number of carbonyl (C=O) groups is 3. The molecule has 0 aliphatic carbocycles. The highest BCUT2D eigenvalue weighted by molar-refractivity contribution is 5.70. The number of hydrogen-bond acceptors (Lipinski definition) is 7. The second kappa shape index (κ2) is 37.7. The standard InChI is InChI=1S/C47H79NO7/c1-6-8-10-12-14-16-18-20-21-22-23-24-26-27-29-31-33-35-37-45(49)54-42-43(41-53-40-39-44(47(51)52)48(3,4)5)55-46(50)38-36-34-32-30-28-25-19-17-15-13-11-9-7-2/h14,16,18,20-25,28,32,34,43-44H,6-13,15,17,19,26-27,29-31,33,35-42H2,1-5H3/b16-14+,20-18+,22-21+,24-23+,28-25+,34-32+. The Bertz CT molecular complexity index is 1130. The maximum atomic E-state index is 12.6. The minimum Gasteiger partial charge on any atom is -0.544 e. The fourth-order valence-electron chi connectivity index (χ4n) is 5.78. The van der Waals surface area contributed by atoms with Crippen LogP contribution in [0.3, 0.4) is 0 Å². The fourth-order valence-corrected chi connectivity index (χ4v) is 5.78. The number of aliphatic carboxylic acids is 1. The smallest absolute Gasteiger partial charge is 0.306 e. The van der Waals surface area contributed by atoms with E-state index >= 15 is 0 Å². The van der Waals surface area contributed by atoms with E-state index < -0.39 is 24.1 Å². The molecule has 0 fully saturated rings. The van der Waals surface area contributed by atoms with Gasteiger partial charge in [0.25, 0.3) is 0 Å². The Morgan fingerprint density at radius 1 is 0.564 bits per heavy atom. The number of unbranched alkanes of at least 4 members (excludes halogenated alkanes) is 14. The van der Waals surface area contributed by atoms with E-state index in [9.17, 15) is 19.5 Å². The third-order valence-electron chi connectivity index (χ3n) is 9.17. The van der Waals surface area contributed by atoms with E-state index in [4.69, 9.17) is 14.2 Å². The Morgan fingerprint density at radius 2 is 1.07 bits per heavy atom. The van der Waals surface area contributed by atoms with Crippen LogP contribution in [0.25, 0.3) is 0 Å². The molecule has 0 saturated carbocycles. The molecule has 0 bridgehead atoms. The number of quaternary nitrogens is 1. The van der Waals surface area contributed by atoms with Crippen LogP contribution in [0.5, 0.6) is 0 Å². The molecular formula is C47H79NO7. The molecule has 0 amide bonds. The number of carboxylic acid groups (broad SMARTS) is 1. The summed E-state index contributed by atoms with van der Waals surface area (Å²) < 4.78 is 17.0. The number of ether oxygens (including phenoxy) is 3. The Labute approximate surface area is 336 Å². The van der Waals surface area contributed by atoms with E-state index in [1.165, 1.54) is 57.8 Å². The molecule has 0 aliphatic rings. The first-order valence-electron chi connectivity index (χ1n) is 21.5. The highest BCUT2D eigenvalue weighted by atomic mass is 16.6. The van der Waals surface area contributed by atoms with Crippen molar-refractivity contribution in [2.24, 2.45) is 0 Å². The van der Waals surface area contributed by atoms with Crippen molar-refractivity contribution in [2.75, 3.05) is 41.0 Å². The van der Waals surface area contributed by atoms with Gasteiger partial charge in [0.15, 0.2) is 6.10 Å². The molecule has 0 aromatic rings. The van der Waals surface area contributed by atoms with Crippen molar-refractivity contribution < 1.29 is 38.2 Å². The summed E-state index contributed by atoms with van der Waals surface area (Å²) in [4.78, 5) is 36.8. The van der Waals surface area contributed by atoms with Crippen LogP contribution in [0, 0.1) is 0 Å². The van der Waals surface area contributed by atoms with Crippen LogP contribution in [0.2, 0.25) is 0 Å². The number of allylic oxidation sites excluding steroid dienone is 12. The van der Waals surface area contributed by atoms with E-state index in [2.05, 4.69) is 74.6 Å². The molecular weight excluding hydrogens is 691 g/mol. The molecule has 0 spiro atoms. The zero-order valence-electron chi connectivity index (χ0n) is 35.6. The minimum absolute atomic E-state index is 0.00659. The van der Waals surface area contributed by atoms with E-state index in [1.807, 2.05) is 12.2 Å². The molecule has 8 nitrogen and oxygen atoms in total. The highest BCUT2D eigenvalue weighted by Gasteiger charge is 2.25. The van der Waals surface area contributed by atoms with Crippen molar-refractivity contribution in [3.63, 3.8) is 0 Å². The molecule has 2 atom stereocenters. The quantitative estimate of drug-likeness (QED) is 0.0204. The minimum atomic E-state index is -1.14. The number of likely N-dealkylation sites (N-methyl/N-ethyl adjacent to an activating group) is 1. The largest absolute Gasteiger partial charge is 0.544 e. The van der Waals surface area contributed by atoms with Gasteiger partial charge in [-0.2, -0.15) is 0 Å². The summed E-state index contributed by atoms with van der Waals surface area (Å²) >= 11 is 0. The molecule has 314 valence electrons. The molecule has 0 rings (SSSR count). The average Bonchev–Trinajstić information content (AvgIpc) is 3.14. The molecule has 55 heavy (non-hydrogen) atoms. The van der Waals surface area contributed by atoms with Gasteiger partial charge in [0.1, 0.15) is 12.6 Å². The van der Waals surface area contributed by atoms with Gasteiger partial charge in [-0.3, -0.25) is 9.59 Å². The van der Waals surface area contributed by atoms with Gasteiger partial charge in [-0.1, -0.05) is 151 Å². The number of hydrogen-bond donors (Lipinski definition) is 0. The summed E-state index contributed by atoms with van der Waals surface area (Å²) in [5, 5.41) is 11.6. The third kappa shape index (κ3) is 36.2. The Morgan fingerprint density at radius 3 is 1.67 bits per heavy atom. The van der Waals surface area contributed by atoms with Gasteiger partial charge in [-0.15, -0.1) is 0 Å². The highest BCUT2D eigenvalue weighted by Crippen LogP contribution is 2.11. The van der Waals surface area contributed by atoms with Crippen molar-refractivity contribution in [2.45, 2.75) is 167 Å². The monoisotopic (exact) mass is 770 g/mol. The molecule has 0 heterocycles. The number of esters is 2. The van der Waals surface area contributed by atoms with Crippen LogP contribution in [0.4, 0.5) is 0 Å². The van der Waals surface area contributed by atoms with E-state index in [1.54, 1.807) is 21.1 Å². The van der Waals surface area contributed by atoms with Crippen LogP contribution in [-0.4, -0.2) is 75.5 Å². The summed E-state index contributed by atoms with van der Waals surface area (Å²) in [6.45, 7) is 4.51. The van der Waals surface area contributed by atoms with E-state index in [0.29, 0.717) is 12.8 Å². The second-order valence-corrected chi connectivity index (χ2v) is 15.3. The molecule has 0 aliphatic heterocycles. The number of nitrogens with zero attached hydrogens (tertiary/aromatic N) is 1. The lowest BCUT2D eigenvalue weighted by Gasteiger charge is -2.34. The lowest BCUT2D eigenvalue weighted by atomic mass is 10.1. The van der Waals surface area contributed by atoms with Crippen molar-refractivity contribution in [3.05, 3.63) is 72.9 Å². The van der Waals surface area contributed by atoms with Crippen LogP contribution in [-0.2, 0) is 28.6 Å².